The highest BCUT2D eigenvalue weighted by Gasteiger charge is 2.20. The predicted molar refractivity (Wildman–Crippen MR) is 91.9 cm³/mol. The maximum Gasteiger partial charge on any atom is 0.254 e. The highest BCUT2D eigenvalue weighted by molar-refractivity contribution is 6.32. The minimum atomic E-state index is -0.579. The van der Waals surface area contributed by atoms with Crippen molar-refractivity contribution in [3.8, 4) is 0 Å². The number of hydrogen-bond acceptors (Lipinski definition) is 4. The Labute approximate surface area is 143 Å². The number of aliphatic hydroxyl groups excluding tert-OH is 1. The molecule has 0 bridgehead atoms. The molecule has 2 rings (SSSR count). The Morgan fingerprint density at radius 1 is 1.48 bits per heavy atom. The molecule has 1 atom stereocenters. The van der Waals surface area contributed by atoms with E-state index in [0.717, 1.165) is 30.3 Å². The molecule has 1 amide bonds. The number of β-amino-alcohol motifs (C(OH)–C–C–N with tert-alkyl or cyclic N) is 1. The topological polar surface area (TPSA) is 65.5 Å². The van der Waals surface area contributed by atoms with Crippen LogP contribution in [0, 0.1) is 19.8 Å². The SMILES string of the molecule is Cc1cc(C)c(C(=O)NCC(O)CN2CCC(C)CC2)c(Cl)n1. The van der Waals surface area contributed by atoms with E-state index in [0.29, 0.717) is 12.1 Å². The average Bonchev–Trinajstić information content (AvgIpc) is 2.46. The maximum atomic E-state index is 12.3. The predicted octanol–water partition coefficient (Wildman–Crippen LogP) is 2.17. The summed E-state index contributed by atoms with van der Waals surface area (Å²) in [6.07, 6.45) is 1.76. The van der Waals surface area contributed by atoms with Crippen LogP contribution in [0.4, 0.5) is 0 Å². The van der Waals surface area contributed by atoms with Gasteiger partial charge in [0.25, 0.3) is 5.91 Å². The van der Waals surface area contributed by atoms with Crippen LogP contribution in [0.5, 0.6) is 0 Å². The van der Waals surface area contributed by atoms with Crippen molar-refractivity contribution in [1.29, 1.82) is 0 Å². The van der Waals surface area contributed by atoms with Gasteiger partial charge in [0.1, 0.15) is 5.15 Å². The zero-order chi connectivity index (χ0) is 17.0. The molecule has 0 aromatic carbocycles. The Hall–Kier alpha value is -1.17. The van der Waals surface area contributed by atoms with Gasteiger partial charge in [0.2, 0.25) is 0 Å². The lowest BCUT2D eigenvalue weighted by atomic mass is 9.99. The first-order chi connectivity index (χ1) is 10.9. The highest BCUT2D eigenvalue weighted by atomic mass is 35.5. The lowest BCUT2D eigenvalue weighted by Crippen LogP contribution is -2.43. The number of pyridine rings is 1. The van der Waals surface area contributed by atoms with Crippen molar-refractivity contribution < 1.29 is 9.90 Å². The molecule has 6 heteroatoms. The number of carbonyl (C=O) groups excluding carboxylic acids is 1. The molecule has 0 saturated carbocycles. The minimum absolute atomic E-state index is 0.208. The van der Waals surface area contributed by atoms with Gasteiger partial charge in [-0.2, -0.15) is 0 Å². The molecule has 0 aliphatic carbocycles. The van der Waals surface area contributed by atoms with E-state index < -0.39 is 6.10 Å². The number of nitrogens with one attached hydrogen (secondary N) is 1. The Morgan fingerprint density at radius 3 is 2.74 bits per heavy atom. The number of rotatable bonds is 5. The van der Waals surface area contributed by atoms with Gasteiger partial charge in [0.15, 0.2) is 0 Å². The molecule has 1 aliphatic rings. The van der Waals surface area contributed by atoms with E-state index in [1.165, 1.54) is 12.8 Å². The summed E-state index contributed by atoms with van der Waals surface area (Å²) in [6, 6.07) is 1.83. The van der Waals surface area contributed by atoms with Crippen LogP contribution >= 0.6 is 11.6 Å². The van der Waals surface area contributed by atoms with Gasteiger partial charge in [-0.3, -0.25) is 4.79 Å². The number of nitrogens with zero attached hydrogens (tertiary/aromatic N) is 2. The van der Waals surface area contributed by atoms with E-state index in [1.54, 1.807) is 0 Å². The lowest BCUT2D eigenvalue weighted by molar-refractivity contribution is 0.0795. The normalized spacial score (nSPS) is 18.0. The fourth-order valence-corrected chi connectivity index (χ4v) is 3.34. The maximum absolute atomic E-state index is 12.3. The lowest BCUT2D eigenvalue weighted by Gasteiger charge is -2.31. The fourth-order valence-electron chi connectivity index (χ4n) is 2.97. The number of aryl methyl sites for hydroxylation is 2. The third-order valence-corrected chi connectivity index (χ3v) is 4.64. The van der Waals surface area contributed by atoms with E-state index in [2.05, 4.69) is 22.1 Å². The van der Waals surface area contributed by atoms with Gasteiger partial charge in [-0.15, -0.1) is 0 Å². The Balaban J connectivity index is 1.84. The summed E-state index contributed by atoms with van der Waals surface area (Å²) in [5.74, 6) is 0.480. The molecule has 2 heterocycles. The summed E-state index contributed by atoms with van der Waals surface area (Å²) in [5, 5.41) is 13.1. The van der Waals surface area contributed by atoms with Crippen LogP contribution < -0.4 is 5.32 Å². The van der Waals surface area contributed by atoms with Gasteiger partial charge in [0, 0.05) is 18.8 Å². The largest absolute Gasteiger partial charge is 0.390 e. The van der Waals surface area contributed by atoms with Gasteiger partial charge < -0.3 is 15.3 Å². The molecule has 1 aliphatic heterocycles. The van der Waals surface area contributed by atoms with Crippen molar-refractivity contribution in [1.82, 2.24) is 15.2 Å². The average molecular weight is 340 g/mol. The number of hydrogen-bond donors (Lipinski definition) is 2. The van der Waals surface area contributed by atoms with Crippen LogP contribution in [0.3, 0.4) is 0 Å². The van der Waals surface area contributed by atoms with Crippen LogP contribution in [0.15, 0.2) is 6.07 Å². The Kier molecular flexibility index (Phi) is 6.39. The van der Waals surface area contributed by atoms with Crippen LogP contribution in [0.25, 0.3) is 0 Å². The Bertz CT molecular complexity index is 534. The molecule has 5 nitrogen and oxygen atoms in total. The second-order valence-corrected chi connectivity index (χ2v) is 6.95. The summed E-state index contributed by atoms with van der Waals surface area (Å²) in [7, 11) is 0. The van der Waals surface area contributed by atoms with E-state index in [9.17, 15) is 9.90 Å². The first-order valence-corrected chi connectivity index (χ1v) is 8.57. The third kappa shape index (κ3) is 5.16. The van der Waals surface area contributed by atoms with Crippen molar-refractivity contribution in [3.63, 3.8) is 0 Å². The van der Waals surface area contributed by atoms with Crippen molar-refractivity contribution in [2.45, 2.75) is 39.7 Å². The fraction of sp³-hybridized carbons (Fsp3) is 0.647. The number of aliphatic hydroxyl groups is 1. The monoisotopic (exact) mass is 339 g/mol. The van der Waals surface area contributed by atoms with Crippen LogP contribution in [-0.2, 0) is 0 Å². The molecular formula is C17H26ClN3O2. The third-order valence-electron chi connectivity index (χ3n) is 4.37. The van der Waals surface area contributed by atoms with Crippen LogP contribution in [0.2, 0.25) is 5.15 Å². The van der Waals surface area contributed by atoms with E-state index >= 15 is 0 Å². The molecule has 1 aromatic heterocycles. The zero-order valence-electron chi connectivity index (χ0n) is 14.1. The summed E-state index contributed by atoms with van der Waals surface area (Å²) in [5.41, 5.74) is 1.96. The molecule has 2 N–H and O–H groups in total. The van der Waals surface area contributed by atoms with Crippen LogP contribution in [0.1, 0.15) is 41.4 Å². The summed E-state index contributed by atoms with van der Waals surface area (Å²) in [6.45, 7) is 8.76. The first kappa shape index (κ1) is 18.2. The second kappa shape index (κ2) is 8.08. The van der Waals surface area contributed by atoms with E-state index in [4.69, 9.17) is 11.6 Å². The van der Waals surface area contributed by atoms with Crippen molar-refractivity contribution in [2.24, 2.45) is 5.92 Å². The number of amides is 1. The molecule has 128 valence electrons. The number of halogens is 1. The van der Waals surface area contributed by atoms with Gasteiger partial charge in [0.05, 0.1) is 11.7 Å². The van der Waals surface area contributed by atoms with Gasteiger partial charge in [-0.05, 0) is 57.3 Å². The molecule has 0 spiro atoms. The van der Waals surface area contributed by atoms with Crippen molar-refractivity contribution in [2.75, 3.05) is 26.2 Å². The minimum Gasteiger partial charge on any atom is -0.390 e. The molecule has 1 saturated heterocycles. The molecule has 1 fully saturated rings. The van der Waals surface area contributed by atoms with Crippen molar-refractivity contribution in [3.05, 3.63) is 28.0 Å². The molecule has 1 unspecified atom stereocenters. The molecule has 1 aromatic rings. The number of likely N-dealkylation sites (tertiary alicyclic amines) is 1. The van der Waals surface area contributed by atoms with Crippen molar-refractivity contribution >= 4 is 17.5 Å². The highest BCUT2D eigenvalue weighted by Crippen LogP contribution is 2.19. The smallest absolute Gasteiger partial charge is 0.254 e. The summed E-state index contributed by atoms with van der Waals surface area (Å²) >= 11 is 6.07. The van der Waals surface area contributed by atoms with Gasteiger partial charge >= 0.3 is 0 Å². The number of aromatic nitrogens is 1. The molecule has 0 radical (unpaired) electrons. The quantitative estimate of drug-likeness (QED) is 0.807. The van der Waals surface area contributed by atoms with E-state index in [-0.39, 0.29) is 17.6 Å². The van der Waals surface area contributed by atoms with Gasteiger partial charge in [-0.25, -0.2) is 4.98 Å². The summed E-state index contributed by atoms with van der Waals surface area (Å²) < 4.78 is 0. The molecule has 23 heavy (non-hydrogen) atoms. The van der Waals surface area contributed by atoms with Gasteiger partial charge in [-0.1, -0.05) is 18.5 Å². The Morgan fingerprint density at radius 2 is 2.13 bits per heavy atom. The standard InChI is InChI=1S/C17H26ClN3O2/c1-11-4-6-21(7-5-11)10-14(22)9-19-17(23)15-12(2)8-13(3)20-16(15)18/h8,11,14,22H,4-7,9-10H2,1-3H3,(H,19,23). The number of carbonyl (C=O) groups is 1. The zero-order valence-corrected chi connectivity index (χ0v) is 14.9. The first-order valence-electron chi connectivity index (χ1n) is 8.19. The number of piperidine rings is 1. The summed E-state index contributed by atoms with van der Waals surface area (Å²) in [4.78, 5) is 18.6. The molecular weight excluding hydrogens is 314 g/mol. The second-order valence-electron chi connectivity index (χ2n) is 6.59. The van der Waals surface area contributed by atoms with E-state index in [1.807, 2.05) is 19.9 Å². The van der Waals surface area contributed by atoms with Crippen LogP contribution in [-0.4, -0.2) is 53.2 Å².